The predicted octanol–water partition coefficient (Wildman–Crippen LogP) is 21.3. The molecule has 0 aromatic rings. The van der Waals surface area contributed by atoms with Crippen molar-refractivity contribution in [3.63, 3.8) is 0 Å². The van der Waals surface area contributed by atoms with Gasteiger partial charge in [0.2, 0.25) is 0 Å². The zero-order valence-corrected chi connectivity index (χ0v) is 48.4. The van der Waals surface area contributed by atoms with Crippen LogP contribution in [0.4, 0.5) is 0 Å². The number of allylic oxidation sites excluding steroid dienone is 12. The van der Waals surface area contributed by atoms with Crippen LogP contribution in [0.5, 0.6) is 0 Å². The van der Waals surface area contributed by atoms with E-state index in [2.05, 4.69) is 93.7 Å². The van der Waals surface area contributed by atoms with Crippen LogP contribution in [0, 0.1) is 0 Å². The van der Waals surface area contributed by atoms with Crippen LogP contribution < -0.4 is 0 Å². The van der Waals surface area contributed by atoms with E-state index in [0.717, 1.165) is 116 Å². The summed E-state index contributed by atoms with van der Waals surface area (Å²) in [4.78, 5) is 38.1. The SMILES string of the molecule is CC/C=C\C/C=C\C/C=C\C/C=C\CCCCCCCCCCCCCCCCCCCCC(=O)OCC(COC(=O)CCCCCCCCCCCCC)OC(=O)CCCCCCC/C=C\C/C=C\CCC. The second kappa shape index (κ2) is 61.4. The molecule has 0 heterocycles. The lowest BCUT2D eigenvalue weighted by atomic mass is 10.0. The quantitative estimate of drug-likeness (QED) is 0.0261. The van der Waals surface area contributed by atoms with Crippen molar-refractivity contribution in [1.82, 2.24) is 0 Å². The van der Waals surface area contributed by atoms with E-state index >= 15 is 0 Å². The average molecular weight is 1020 g/mol. The normalized spacial score (nSPS) is 12.5. The molecule has 0 aromatic carbocycles. The molecule has 0 aliphatic rings. The third-order valence-electron chi connectivity index (χ3n) is 13.7. The molecule has 73 heavy (non-hydrogen) atoms. The molecule has 6 nitrogen and oxygen atoms in total. The van der Waals surface area contributed by atoms with Crippen molar-refractivity contribution in [2.75, 3.05) is 13.2 Å². The summed E-state index contributed by atoms with van der Waals surface area (Å²) in [5.41, 5.74) is 0. The van der Waals surface area contributed by atoms with Crippen molar-refractivity contribution in [3.05, 3.63) is 72.9 Å². The van der Waals surface area contributed by atoms with E-state index in [1.54, 1.807) is 0 Å². The number of carbonyl (C=O) groups excluding carboxylic acids is 3. The van der Waals surface area contributed by atoms with Gasteiger partial charge >= 0.3 is 17.9 Å². The predicted molar refractivity (Wildman–Crippen MR) is 316 cm³/mol. The minimum atomic E-state index is -0.778. The number of hydrogen-bond donors (Lipinski definition) is 0. The second-order valence-corrected chi connectivity index (χ2v) is 20.9. The highest BCUT2D eigenvalue weighted by Crippen LogP contribution is 2.17. The second-order valence-electron chi connectivity index (χ2n) is 20.9. The first-order valence-corrected chi connectivity index (χ1v) is 31.4. The van der Waals surface area contributed by atoms with Gasteiger partial charge in [-0.2, -0.15) is 0 Å². The molecule has 0 spiro atoms. The van der Waals surface area contributed by atoms with Crippen LogP contribution in [0.25, 0.3) is 0 Å². The van der Waals surface area contributed by atoms with Crippen LogP contribution in [0.15, 0.2) is 72.9 Å². The van der Waals surface area contributed by atoms with Gasteiger partial charge in [-0.3, -0.25) is 14.4 Å². The van der Waals surface area contributed by atoms with E-state index < -0.39 is 6.10 Å². The summed E-state index contributed by atoms with van der Waals surface area (Å²) in [6, 6.07) is 0. The van der Waals surface area contributed by atoms with Gasteiger partial charge in [0.05, 0.1) is 0 Å². The number of hydrogen-bond acceptors (Lipinski definition) is 6. The van der Waals surface area contributed by atoms with E-state index in [9.17, 15) is 14.4 Å². The first-order chi connectivity index (χ1) is 36.0. The standard InChI is InChI=1S/C67H118O6/c1-4-7-10-13-16-19-22-24-25-26-27-28-29-30-31-32-33-34-35-36-37-38-39-40-41-43-45-48-51-54-57-60-66(69)72-63-64(62-71-65(68)59-56-53-50-47-44-21-18-15-12-9-6-3)73-67(70)61-58-55-52-49-46-42-23-20-17-14-11-8-5-2/h7,10-11,14,16,19-20,23-25,27-28,64H,4-6,8-9,12-13,15,17-18,21-22,26,29-63H2,1-3H3/b10-7-,14-11-,19-16-,23-20-,25-24-,28-27-. The lowest BCUT2D eigenvalue weighted by Crippen LogP contribution is -2.30. The Hall–Kier alpha value is -3.15. The van der Waals surface area contributed by atoms with Crippen LogP contribution in [0.2, 0.25) is 0 Å². The highest BCUT2D eigenvalue weighted by atomic mass is 16.6. The summed E-state index contributed by atoms with van der Waals surface area (Å²) in [5, 5.41) is 0. The Bertz CT molecular complexity index is 1360. The van der Waals surface area contributed by atoms with Crippen molar-refractivity contribution in [3.8, 4) is 0 Å². The molecule has 0 fully saturated rings. The third-order valence-corrected chi connectivity index (χ3v) is 13.7. The zero-order chi connectivity index (χ0) is 52.9. The maximum atomic E-state index is 12.8. The van der Waals surface area contributed by atoms with Crippen molar-refractivity contribution in [1.29, 1.82) is 0 Å². The average Bonchev–Trinajstić information content (AvgIpc) is 3.39. The highest BCUT2D eigenvalue weighted by Gasteiger charge is 2.19. The van der Waals surface area contributed by atoms with Crippen LogP contribution in [0.3, 0.4) is 0 Å². The summed E-state index contributed by atoms with van der Waals surface area (Å²) < 4.78 is 16.9. The molecule has 0 amide bonds. The monoisotopic (exact) mass is 1020 g/mol. The van der Waals surface area contributed by atoms with E-state index in [4.69, 9.17) is 14.2 Å². The molecule has 422 valence electrons. The first-order valence-electron chi connectivity index (χ1n) is 31.4. The Morgan fingerprint density at radius 2 is 0.562 bits per heavy atom. The number of esters is 3. The zero-order valence-electron chi connectivity index (χ0n) is 48.4. The van der Waals surface area contributed by atoms with Gasteiger partial charge in [-0.05, 0) is 83.5 Å². The molecule has 0 radical (unpaired) electrons. The van der Waals surface area contributed by atoms with Crippen molar-refractivity contribution in [2.24, 2.45) is 0 Å². The van der Waals surface area contributed by atoms with Gasteiger partial charge in [0.15, 0.2) is 6.10 Å². The molecule has 0 aromatic heterocycles. The Morgan fingerprint density at radius 3 is 0.890 bits per heavy atom. The lowest BCUT2D eigenvalue weighted by Gasteiger charge is -2.18. The van der Waals surface area contributed by atoms with E-state index in [0.29, 0.717) is 19.3 Å². The molecule has 1 unspecified atom stereocenters. The lowest BCUT2D eigenvalue weighted by molar-refractivity contribution is -0.167. The van der Waals surface area contributed by atoms with Gasteiger partial charge < -0.3 is 14.2 Å². The molecule has 0 saturated carbocycles. The number of rotatable bonds is 57. The molecule has 0 N–H and O–H groups in total. The molecule has 0 aliphatic heterocycles. The topological polar surface area (TPSA) is 78.9 Å². The van der Waals surface area contributed by atoms with Gasteiger partial charge in [0.25, 0.3) is 0 Å². The minimum Gasteiger partial charge on any atom is -0.462 e. The minimum absolute atomic E-state index is 0.0763. The molecular formula is C67H118O6. The Kier molecular flexibility index (Phi) is 58.7. The summed E-state index contributed by atoms with van der Waals surface area (Å²) in [6.45, 7) is 6.47. The maximum Gasteiger partial charge on any atom is 0.306 e. The first kappa shape index (κ1) is 69.8. The van der Waals surface area contributed by atoms with E-state index in [1.807, 2.05) is 0 Å². The molecule has 1 atom stereocenters. The van der Waals surface area contributed by atoms with Gasteiger partial charge in [-0.1, -0.05) is 286 Å². The molecule has 0 aliphatic carbocycles. The summed E-state index contributed by atoms with van der Waals surface area (Å²) in [7, 11) is 0. The fourth-order valence-electron chi connectivity index (χ4n) is 9.00. The smallest absolute Gasteiger partial charge is 0.306 e. The van der Waals surface area contributed by atoms with Crippen molar-refractivity contribution in [2.45, 2.75) is 322 Å². The summed E-state index contributed by atoms with van der Waals surface area (Å²) in [6.07, 6.45) is 79.3. The fraction of sp³-hybridized carbons (Fsp3) is 0.776. The van der Waals surface area contributed by atoms with Crippen LogP contribution >= 0.6 is 0 Å². The number of ether oxygens (including phenoxy) is 3. The Morgan fingerprint density at radius 1 is 0.288 bits per heavy atom. The molecule has 0 rings (SSSR count). The third kappa shape index (κ3) is 59.6. The van der Waals surface area contributed by atoms with Crippen LogP contribution in [0.1, 0.15) is 316 Å². The Balaban J connectivity index is 4.10. The molecular weight excluding hydrogens is 901 g/mol. The summed E-state index contributed by atoms with van der Waals surface area (Å²) >= 11 is 0. The number of unbranched alkanes of at least 4 members (excludes halogenated alkanes) is 34. The van der Waals surface area contributed by atoms with Gasteiger partial charge in [0.1, 0.15) is 13.2 Å². The van der Waals surface area contributed by atoms with Crippen LogP contribution in [-0.4, -0.2) is 37.2 Å². The van der Waals surface area contributed by atoms with Gasteiger partial charge in [-0.15, -0.1) is 0 Å². The van der Waals surface area contributed by atoms with E-state index in [1.165, 1.54) is 161 Å². The Labute approximate surface area is 453 Å². The largest absolute Gasteiger partial charge is 0.462 e. The maximum absolute atomic E-state index is 12.8. The molecule has 0 bridgehead atoms. The number of carbonyl (C=O) groups is 3. The van der Waals surface area contributed by atoms with E-state index in [-0.39, 0.29) is 31.1 Å². The van der Waals surface area contributed by atoms with Gasteiger partial charge in [0, 0.05) is 19.3 Å². The van der Waals surface area contributed by atoms with Gasteiger partial charge in [-0.25, -0.2) is 0 Å². The van der Waals surface area contributed by atoms with Crippen LogP contribution in [-0.2, 0) is 28.6 Å². The molecule has 0 saturated heterocycles. The summed E-state index contributed by atoms with van der Waals surface area (Å²) in [5.74, 6) is -0.878. The highest BCUT2D eigenvalue weighted by molar-refractivity contribution is 5.71. The molecule has 6 heteroatoms. The fourth-order valence-corrected chi connectivity index (χ4v) is 9.00. The van der Waals surface area contributed by atoms with Crippen molar-refractivity contribution >= 4 is 17.9 Å². The van der Waals surface area contributed by atoms with Crippen molar-refractivity contribution < 1.29 is 28.6 Å².